The van der Waals surface area contributed by atoms with Gasteiger partial charge in [0, 0.05) is 35.0 Å². The van der Waals surface area contributed by atoms with Crippen molar-refractivity contribution in [3.05, 3.63) is 41.6 Å². The standard InChI is InChI=1S/C21H23N7OS/c1-12-10-18(28-27-12)23-20-24-19(22-15-6-7-15)25-21(26-20)30-16-8-2-13(3-9-16)11-17(29)14-4-5-14/h2-3,8-10,14-15H,4-7,11H2,1H3,(H3,22,23,24,25,26,27,28). The Balaban J connectivity index is 1.31. The summed E-state index contributed by atoms with van der Waals surface area (Å²) in [6.07, 6.45) is 4.90. The molecule has 2 aliphatic rings. The molecule has 154 valence electrons. The summed E-state index contributed by atoms with van der Waals surface area (Å²) in [4.78, 5) is 26.6. The highest BCUT2D eigenvalue weighted by Crippen LogP contribution is 2.32. The van der Waals surface area contributed by atoms with Crippen molar-refractivity contribution in [2.75, 3.05) is 10.6 Å². The lowest BCUT2D eigenvalue weighted by Crippen LogP contribution is -2.09. The predicted molar refractivity (Wildman–Crippen MR) is 115 cm³/mol. The lowest BCUT2D eigenvalue weighted by atomic mass is 10.1. The van der Waals surface area contributed by atoms with E-state index in [-0.39, 0.29) is 0 Å². The molecule has 2 heterocycles. The summed E-state index contributed by atoms with van der Waals surface area (Å²) < 4.78 is 0. The maximum atomic E-state index is 12.0. The van der Waals surface area contributed by atoms with Crippen LogP contribution in [0.25, 0.3) is 0 Å². The van der Waals surface area contributed by atoms with Crippen LogP contribution in [-0.4, -0.2) is 37.0 Å². The van der Waals surface area contributed by atoms with Gasteiger partial charge in [-0.2, -0.15) is 20.1 Å². The number of anilines is 3. The van der Waals surface area contributed by atoms with Crippen LogP contribution >= 0.6 is 11.8 Å². The second kappa shape index (κ2) is 8.06. The number of ketones is 1. The van der Waals surface area contributed by atoms with Crippen LogP contribution in [0.2, 0.25) is 0 Å². The van der Waals surface area contributed by atoms with Crippen molar-refractivity contribution in [2.24, 2.45) is 5.92 Å². The van der Waals surface area contributed by atoms with Crippen molar-refractivity contribution in [2.45, 2.75) is 55.1 Å². The van der Waals surface area contributed by atoms with E-state index in [0.29, 0.717) is 47.0 Å². The molecule has 2 saturated carbocycles. The third kappa shape index (κ3) is 4.96. The lowest BCUT2D eigenvalue weighted by molar-refractivity contribution is -0.119. The number of H-pyrrole nitrogens is 1. The minimum absolute atomic E-state index is 0.297. The third-order valence-electron chi connectivity index (χ3n) is 5.01. The number of aromatic amines is 1. The van der Waals surface area contributed by atoms with Gasteiger partial charge in [-0.05, 0) is 62.1 Å². The molecule has 5 rings (SSSR count). The second-order valence-corrected chi connectivity index (χ2v) is 8.95. The van der Waals surface area contributed by atoms with E-state index in [2.05, 4.69) is 35.8 Å². The molecule has 0 radical (unpaired) electrons. The van der Waals surface area contributed by atoms with Gasteiger partial charge in [0.25, 0.3) is 0 Å². The molecule has 0 bridgehead atoms. The van der Waals surface area contributed by atoms with Crippen molar-refractivity contribution in [1.82, 2.24) is 25.1 Å². The molecule has 30 heavy (non-hydrogen) atoms. The van der Waals surface area contributed by atoms with E-state index >= 15 is 0 Å². The van der Waals surface area contributed by atoms with Crippen LogP contribution in [0.1, 0.15) is 36.9 Å². The first-order chi connectivity index (χ1) is 14.6. The molecule has 0 unspecified atom stereocenters. The number of nitrogens with zero attached hydrogens (tertiary/aromatic N) is 4. The van der Waals surface area contributed by atoms with E-state index in [1.807, 2.05) is 37.3 Å². The zero-order valence-electron chi connectivity index (χ0n) is 16.7. The third-order valence-corrected chi connectivity index (χ3v) is 5.89. The summed E-state index contributed by atoms with van der Waals surface area (Å²) in [6.45, 7) is 1.94. The highest BCUT2D eigenvalue weighted by Gasteiger charge is 2.29. The predicted octanol–water partition coefficient (Wildman–Crippen LogP) is 3.89. The van der Waals surface area contributed by atoms with Crippen molar-refractivity contribution < 1.29 is 4.79 Å². The average molecular weight is 422 g/mol. The Kier molecular flexibility index (Phi) is 5.12. The maximum Gasteiger partial charge on any atom is 0.234 e. The summed E-state index contributed by atoms with van der Waals surface area (Å²) >= 11 is 1.47. The van der Waals surface area contributed by atoms with E-state index in [1.165, 1.54) is 11.8 Å². The van der Waals surface area contributed by atoms with E-state index in [1.54, 1.807) is 0 Å². The molecule has 2 aliphatic carbocycles. The molecule has 0 spiro atoms. The Labute approximate surface area is 178 Å². The minimum atomic E-state index is 0.297. The maximum absolute atomic E-state index is 12.0. The van der Waals surface area contributed by atoms with Gasteiger partial charge in [-0.3, -0.25) is 9.89 Å². The van der Waals surface area contributed by atoms with Gasteiger partial charge in [0.15, 0.2) is 11.0 Å². The monoisotopic (exact) mass is 421 g/mol. The van der Waals surface area contributed by atoms with Crippen LogP contribution in [0.4, 0.5) is 17.7 Å². The fourth-order valence-electron chi connectivity index (χ4n) is 3.06. The Morgan fingerprint density at radius 2 is 1.87 bits per heavy atom. The first-order valence-corrected chi connectivity index (χ1v) is 11.0. The van der Waals surface area contributed by atoms with E-state index < -0.39 is 0 Å². The fourth-order valence-corrected chi connectivity index (χ4v) is 3.81. The zero-order valence-corrected chi connectivity index (χ0v) is 17.5. The van der Waals surface area contributed by atoms with Gasteiger partial charge in [-0.1, -0.05) is 12.1 Å². The largest absolute Gasteiger partial charge is 0.351 e. The van der Waals surface area contributed by atoms with Crippen molar-refractivity contribution in [1.29, 1.82) is 0 Å². The summed E-state index contributed by atoms with van der Waals surface area (Å²) in [6, 6.07) is 10.4. The fraction of sp³-hybridized carbons (Fsp3) is 0.381. The lowest BCUT2D eigenvalue weighted by Gasteiger charge is -2.09. The van der Waals surface area contributed by atoms with Crippen LogP contribution in [0.3, 0.4) is 0 Å². The molecule has 0 aliphatic heterocycles. The van der Waals surface area contributed by atoms with Gasteiger partial charge in [-0.15, -0.1) is 0 Å². The smallest absolute Gasteiger partial charge is 0.234 e. The Morgan fingerprint density at radius 3 is 2.53 bits per heavy atom. The molecule has 2 fully saturated rings. The summed E-state index contributed by atoms with van der Waals surface area (Å²) in [7, 11) is 0. The van der Waals surface area contributed by atoms with Crippen LogP contribution < -0.4 is 10.6 Å². The molecule has 8 nitrogen and oxygen atoms in total. The number of carbonyl (C=O) groups is 1. The normalized spacial score (nSPS) is 15.8. The van der Waals surface area contributed by atoms with Crippen molar-refractivity contribution in [3.63, 3.8) is 0 Å². The first-order valence-electron chi connectivity index (χ1n) is 10.2. The number of aryl methyl sites for hydroxylation is 1. The van der Waals surface area contributed by atoms with Crippen molar-refractivity contribution in [3.8, 4) is 0 Å². The number of hydrogen-bond donors (Lipinski definition) is 3. The number of benzene rings is 1. The molecule has 2 aromatic heterocycles. The molecule has 0 atom stereocenters. The second-order valence-electron chi connectivity index (χ2n) is 7.91. The molecule has 3 N–H and O–H groups in total. The molecular formula is C21H23N7OS. The van der Waals surface area contributed by atoms with Crippen LogP contribution in [-0.2, 0) is 11.2 Å². The highest BCUT2D eigenvalue weighted by atomic mass is 32.2. The van der Waals surface area contributed by atoms with Gasteiger partial charge in [0.2, 0.25) is 11.9 Å². The van der Waals surface area contributed by atoms with Crippen LogP contribution in [0, 0.1) is 12.8 Å². The Hall–Kier alpha value is -2.94. The van der Waals surface area contributed by atoms with Gasteiger partial charge >= 0.3 is 0 Å². The number of aromatic nitrogens is 5. The van der Waals surface area contributed by atoms with Gasteiger partial charge in [0.05, 0.1) is 0 Å². The Morgan fingerprint density at radius 1 is 1.10 bits per heavy atom. The van der Waals surface area contributed by atoms with Gasteiger partial charge < -0.3 is 10.6 Å². The van der Waals surface area contributed by atoms with E-state index in [4.69, 9.17) is 0 Å². The summed E-state index contributed by atoms with van der Waals surface area (Å²) in [5, 5.41) is 14.2. The number of Topliss-reactive ketones (excluding diaryl/α,β-unsaturated/α-hetero) is 1. The summed E-state index contributed by atoms with van der Waals surface area (Å²) in [5.74, 6) is 2.33. The number of hydrogen-bond acceptors (Lipinski definition) is 8. The van der Waals surface area contributed by atoms with Gasteiger partial charge in [0.1, 0.15) is 5.78 Å². The zero-order chi connectivity index (χ0) is 20.5. The molecular weight excluding hydrogens is 398 g/mol. The van der Waals surface area contributed by atoms with Crippen LogP contribution in [0.15, 0.2) is 40.4 Å². The van der Waals surface area contributed by atoms with E-state index in [9.17, 15) is 4.79 Å². The quantitative estimate of drug-likeness (QED) is 0.477. The van der Waals surface area contributed by atoms with Crippen molar-refractivity contribution >= 4 is 35.3 Å². The SMILES string of the molecule is Cc1cc(Nc2nc(NC3CC3)nc(Sc3ccc(CC(=O)C4CC4)cc3)n2)n[nH]1. The van der Waals surface area contributed by atoms with Gasteiger partial charge in [-0.25, -0.2) is 0 Å². The summed E-state index contributed by atoms with van der Waals surface area (Å²) in [5.41, 5.74) is 2.01. The highest BCUT2D eigenvalue weighted by molar-refractivity contribution is 7.99. The minimum Gasteiger partial charge on any atom is -0.351 e. The van der Waals surface area contributed by atoms with E-state index in [0.717, 1.165) is 41.8 Å². The Bertz CT molecular complexity index is 1060. The number of nitrogens with one attached hydrogen (secondary N) is 3. The molecule has 3 aromatic rings. The molecule has 9 heteroatoms. The van der Waals surface area contributed by atoms with Crippen LogP contribution in [0.5, 0.6) is 0 Å². The molecule has 0 saturated heterocycles. The average Bonchev–Trinajstić information content (AvgIpc) is 3.63. The number of carbonyl (C=O) groups excluding carboxylic acids is 1. The topological polar surface area (TPSA) is 108 Å². The molecule has 0 amide bonds. The molecule has 1 aromatic carbocycles. The number of rotatable bonds is 9. The first kappa shape index (κ1) is 19.0.